The van der Waals surface area contributed by atoms with Gasteiger partial charge in [0.2, 0.25) is 5.09 Å². The molecule has 0 bridgehead atoms. The zero-order valence-electron chi connectivity index (χ0n) is 12.2. The van der Waals surface area contributed by atoms with Crippen molar-refractivity contribution in [2.24, 2.45) is 0 Å². The quantitative estimate of drug-likeness (QED) is 0.794. The van der Waals surface area contributed by atoms with Gasteiger partial charge in [-0.3, -0.25) is 4.90 Å². The Kier molecular flexibility index (Phi) is 4.00. The number of likely N-dealkylation sites (N-methyl/N-ethyl adjacent to an activating group) is 1. The van der Waals surface area contributed by atoms with Crippen molar-refractivity contribution in [2.75, 3.05) is 33.7 Å². The fourth-order valence-electron chi connectivity index (χ4n) is 2.24. The molecule has 0 saturated carbocycles. The minimum Gasteiger partial charge on any atom is -0.438 e. The van der Waals surface area contributed by atoms with E-state index in [1.165, 1.54) is 19.2 Å². The summed E-state index contributed by atoms with van der Waals surface area (Å²) in [5, 5.41) is 7.04. The second-order valence-corrected chi connectivity index (χ2v) is 6.80. The maximum absolute atomic E-state index is 11.7. The van der Waals surface area contributed by atoms with Gasteiger partial charge in [0, 0.05) is 19.6 Å². The van der Waals surface area contributed by atoms with Crippen LogP contribution in [0.2, 0.25) is 0 Å². The van der Waals surface area contributed by atoms with Crippen LogP contribution in [0.3, 0.4) is 0 Å². The Labute approximate surface area is 127 Å². The molecule has 1 aliphatic heterocycles. The van der Waals surface area contributed by atoms with E-state index in [1.54, 1.807) is 0 Å². The van der Waals surface area contributed by atoms with Gasteiger partial charge in [0.1, 0.15) is 0 Å². The van der Waals surface area contributed by atoms with Crippen LogP contribution in [0, 0.1) is 0 Å². The maximum atomic E-state index is 11.7. The van der Waals surface area contributed by atoms with Gasteiger partial charge >= 0.3 is 0 Å². The summed E-state index contributed by atoms with van der Waals surface area (Å²) < 4.78 is 36.0. The molecule has 0 amide bonds. The lowest BCUT2D eigenvalue weighted by atomic mass is 10.2. The maximum Gasteiger partial charge on any atom is 0.293 e. The van der Waals surface area contributed by atoms with Crippen LogP contribution in [0.25, 0.3) is 11.7 Å². The van der Waals surface area contributed by atoms with Crippen molar-refractivity contribution in [1.29, 1.82) is 0 Å². The van der Waals surface area contributed by atoms with Gasteiger partial charge in [-0.1, -0.05) is 5.16 Å². The molecule has 22 heavy (non-hydrogen) atoms. The Morgan fingerprint density at radius 3 is 3.00 bits per heavy atom. The zero-order valence-corrected chi connectivity index (χ0v) is 13.1. The number of hydrogen-bond acceptors (Lipinski definition) is 8. The van der Waals surface area contributed by atoms with Crippen molar-refractivity contribution in [3.8, 4) is 11.7 Å². The highest BCUT2D eigenvalue weighted by Gasteiger charge is 2.26. The summed E-state index contributed by atoms with van der Waals surface area (Å²) in [7, 11) is -0.327. The number of furan rings is 1. The summed E-state index contributed by atoms with van der Waals surface area (Å²) in [6.07, 6.45) is 0. The van der Waals surface area contributed by atoms with Crippen molar-refractivity contribution < 1.29 is 17.4 Å². The van der Waals surface area contributed by atoms with Gasteiger partial charge < -0.3 is 14.3 Å². The largest absolute Gasteiger partial charge is 0.438 e. The molecule has 3 rings (SSSR count). The smallest absolute Gasteiger partial charge is 0.293 e. The van der Waals surface area contributed by atoms with E-state index in [9.17, 15) is 8.42 Å². The lowest BCUT2D eigenvalue weighted by molar-refractivity contribution is 0.190. The third kappa shape index (κ3) is 2.77. The van der Waals surface area contributed by atoms with E-state index in [0.717, 1.165) is 19.6 Å². The van der Waals surface area contributed by atoms with Crippen LogP contribution in [-0.2, 0) is 10.0 Å². The van der Waals surface area contributed by atoms with Crippen LogP contribution in [0.15, 0.2) is 26.2 Å². The van der Waals surface area contributed by atoms with Crippen LogP contribution < -0.4 is 10.0 Å². The molecule has 2 N–H and O–H groups in total. The van der Waals surface area contributed by atoms with E-state index in [0.29, 0.717) is 5.82 Å². The SMILES string of the molecule is CNS(=O)(=O)c1ccc(-c2nc(C3CNCCN3C)no2)o1. The van der Waals surface area contributed by atoms with E-state index < -0.39 is 10.0 Å². The number of nitrogens with zero attached hydrogens (tertiary/aromatic N) is 3. The molecule has 120 valence electrons. The molecule has 0 radical (unpaired) electrons. The van der Waals surface area contributed by atoms with E-state index in [1.807, 2.05) is 7.05 Å². The molecule has 1 unspecified atom stereocenters. The lowest BCUT2D eigenvalue weighted by Gasteiger charge is -2.30. The van der Waals surface area contributed by atoms with Crippen LogP contribution in [0.1, 0.15) is 11.9 Å². The van der Waals surface area contributed by atoms with Gasteiger partial charge in [-0.15, -0.1) is 0 Å². The van der Waals surface area contributed by atoms with Crippen LogP contribution >= 0.6 is 0 Å². The highest BCUT2D eigenvalue weighted by molar-refractivity contribution is 7.89. The van der Waals surface area contributed by atoms with Gasteiger partial charge in [-0.05, 0) is 26.2 Å². The molecule has 10 heteroatoms. The van der Waals surface area contributed by atoms with Gasteiger partial charge in [-0.2, -0.15) is 4.98 Å². The summed E-state index contributed by atoms with van der Waals surface area (Å²) in [5.41, 5.74) is 0. The third-order valence-corrected chi connectivity index (χ3v) is 4.86. The summed E-state index contributed by atoms with van der Waals surface area (Å²) in [4.78, 5) is 6.44. The molecule has 3 heterocycles. The molecule has 0 spiro atoms. The molecule has 1 atom stereocenters. The van der Waals surface area contributed by atoms with E-state index in [4.69, 9.17) is 8.94 Å². The average molecular weight is 327 g/mol. The summed E-state index contributed by atoms with van der Waals surface area (Å²) in [5.74, 6) is 0.921. The molecular weight excluding hydrogens is 310 g/mol. The first-order valence-corrected chi connectivity index (χ1v) is 8.28. The lowest BCUT2D eigenvalue weighted by Crippen LogP contribution is -2.44. The molecule has 9 nitrogen and oxygen atoms in total. The fraction of sp³-hybridized carbons (Fsp3) is 0.500. The number of piperazine rings is 1. The standard InChI is InChI=1S/C12H17N5O4S/c1-13-22(18,19)10-4-3-9(20-10)12-15-11(16-21-12)8-7-14-5-6-17(8)2/h3-4,8,13-14H,5-7H2,1-2H3. The number of hydrogen-bond donors (Lipinski definition) is 2. The van der Waals surface area contributed by atoms with Gasteiger partial charge in [0.25, 0.3) is 15.9 Å². The molecule has 0 aromatic carbocycles. The van der Waals surface area contributed by atoms with Gasteiger partial charge in [0.15, 0.2) is 11.6 Å². The van der Waals surface area contributed by atoms with Crippen molar-refractivity contribution in [1.82, 2.24) is 25.1 Å². The topological polar surface area (TPSA) is 114 Å². The van der Waals surface area contributed by atoms with Gasteiger partial charge in [-0.25, -0.2) is 13.1 Å². The second-order valence-electron chi connectivity index (χ2n) is 4.98. The molecule has 2 aromatic rings. The number of aromatic nitrogens is 2. The summed E-state index contributed by atoms with van der Waals surface area (Å²) >= 11 is 0. The monoisotopic (exact) mass is 327 g/mol. The van der Waals surface area contributed by atoms with E-state index >= 15 is 0 Å². The minimum absolute atomic E-state index is 0.0155. The van der Waals surface area contributed by atoms with Crippen molar-refractivity contribution in [3.05, 3.63) is 18.0 Å². The van der Waals surface area contributed by atoms with Crippen LogP contribution in [0.5, 0.6) is 0 Å². The highest BCUT2D eigenvalue weighted by Crippen LogP contribution is 2.25. The highest BCUT2D eigenvalue weighted by atomic mass is 32.2. The molecular formula is C12H17N5O4S. The number of rotatable bonds is 4. The number of nitrogens with one attached hydrogen (secondary N) is 2. The Hall–Kier alpha value is -1.75. The predicted molar refractivity (Wildman–Crippen MR) is 76.5 cm³/mol. The summed E-state index contributed by atoms with van der Waals surface area (Å²) in [6, 6.07) is 2.85. The van der Waals surface area contributed by atoms with Crippen LogP contribution in [-0.4, -0.2) is 57.2 Å². The van der Waals surface area contributed by atoms with Crippen molar-refractivity contribution in [2.45, 2.75) is 11.1 Å². The molecule has 1 saturated heterocycles. The van der Waals surface area contributed by atoms with E-state index in [2.05, 4.69) is 25.1 Å². The van der Waals surface area contributed by atoms with E-state index in [-0.39, 0.29) is 22.8 Å². The Balaban J connectivity index is 1.85. The summed E-state index contributed by atoms with van der Waals surface area (Å²) in [6.45, 7) is 2.54. The number of sulfonamides is 1. The molecule has 1 aliphatic rings. The average Bonchev–Trinajstić information content (AvgIpc) is 3.17. The van der Waals surface area contributed by atoms with Crippen molar-refractivity contribution >= 4 is 10.0 Å². The first-order chi connectivity index (χ1) is 10.5. The fourth-order valence-corrected chi connectivity index (χ4v) is 2.89. The second kappa shape index (κ2) is 5.80. The Morgan fingerprint density at radius 1 is 1.45 bits per heavy atom. The normalized spacial score (nSPS) is 20.4. The predicted octanol–water partition coefficient (Wildman–Crippen LogP) is -0.186. The Morgan fingerprint density at radius 2 is 2.27 bits per heavy atom. The first kappa shape index (κ1) is 15.2. The molecule has 1 fully saturated rings. The third-order valence-electron chi connectivity index (χ3n) is 3.58. The minimum atomic E-state index is -3.63. The zero-order chi connectivity index (χ0) is 15.7. The van der Waals surface area contributed by atoms with Gasteiger partial charge in [0.05, 0.1) is 6.04 Å². The molecule has 0 aliphatic carbocycles. The molecule has 2 aromatic heterocycles. The van der Waals surface area contributed by atoms with Crippen molar-refractivity contribution in [3.63, 3.8) is 0 Å². The Bertz CT molecular complexity index is 753. The van der Waals surface area contributed by atoms with Crippen LogP contribution in [0.4, 0.5) is 0 Å². The first-order valence-electron chi connectivity index (χ1n) is 6.79.